The largest absolute Gasteiger partial charge is 0.497 e. The van der Waals surface area contributed by atoms with Gasteiger partial charge in [0.2, 0.25) is 11.7 Å². The van der Waals surface area contributed by atoms with Gasteiger partial charge in [0.25, 0.3) is 0 Å². The van der Waals surface area contributed by atoms with E-state index in [4.69, 9.17) is 19.7 Å². The summed E-state index contributed by atoms with van der Waals surface area (Å²) in [6.07, 6.45) is 1.42. The van der Waals surface area contributed by atoms with Gasteiger partial charge in [0.15, 0.2) is 0 Å². The van der Waals surface area contributed by atoms with E-state index in [1.54, 1.807) is 20.3 Å². The van der Waals surface area contributed by atoms with E-state index in [2.05, 4.69) is 10.1 Å². The minimum absolute atomic E-state index is 0.256. The molecule has 2 rings (SSSR count). The molecule has 21 heavy (non-hydrogen) atoms. The summed E-state index contributed by atoms with van der Waals surface area (Å²) >= 11 is 0. The van der Waals surface area contributed by atoms with Crippen LogP contribution in [0.2, 0.25) is 0 Å². The van der Waals surface area contributed by atoms with Crippen LogP contribution in [0.1, 0.15) is 26.2 Å². The van der Waals surface area contributed by atoms with Crippen molar-refractivity contribution >= 4 is 0 Å². The Balaban J connectivity index is 2.21. The van der Waals surface area contributed by atoms with E-state index < -0.39 is 0 Å². The summed E-state index contributed by atoms with van der Waals surface area (Å²) in [6.45, 7) is 3.94. The van der Waals surface area contributed by atoms with Crippen molar-refractivity contribution in [2.45, 2.75) is 32.2 Å². The fourth-order valence-corrected chi connectivity index (χ4v) is 1.84. The quantitative estimate of drug-likeness (QED) is 0.880. The standard InChI is InChI=1S/C15H21N3O3/c1-15(2,16)6-5-13-17-14(18-21-13)10-7-11(19-3)9-12(8-10)20-4/h7-9H,5-6,16H2,1-4H3. The number of methoxy groups -OCH3 is 2. The minimum atomic E-state index is -0.256. The van der Waals surface area contributed by atoms with E-state index in [-0.39, 0.29) is 5.54 Å². The number of ether oxygens (including phenoxy) is 2. The van der Waals surface area contributed by atoms with E-state index in [1.807, 2.05) is 26.0 Å². The van der Waals surface area contributed by atoms with Crippen LogP contribution < -0.4 is 15.2 Å². The Labute approximate surface area is 124 Å². The lowest BCUT2D eigenvalue weighted by atomic mass is 10.0. The molecule has 114 valence electrons. The van der Waals surface area contributed by atoms with Crippen molar-refractivity contribution in [1.82, 2.24) is 10.1 Å². The molecule has 1 heterocycles. The van der Waals surface area contributed by atoms with Crippen molar-refractivity contribution < 1.29 is 14.0 Å². The molecular formula is C15H21N3O3. The van der Waals surface area contributed by atoms with E-state index in [0.29, 0.717) is 29.6 Å². The van der Waals surface area contributed by atoms with Crippen molar-refractivity contribution in [3.8, 4) is 22.9 Å². The zero-order valence-electron chi connectivity index (χ0n) is 12.8. The van der Waals surface area contributed by atoms with Crippen molar-refractivity contribution in [3.63, 3.8) is 0 Å². The molecule has 0 radical (unpaired) electrons. The van der Waals surface area contributed by atoms with Crippen molar-refractivity contribution in [1.29, 1.82) is 0 Å². The van der Waals surface area contributed by atoms with Gasteiger partial charge in [-0.05, 0) is 32.4 Å². The van der Waals surface area contributed by atoms with Gasteiger partial charge in [-0.25, -0.2) is 0 Å². The SMILES string of the molecule is COc1cc(OC)cc(-c2noc(CCC(C)(C)N)n2)c1. The number of nitrogens with zero attached hydrogens (tertiary/aromatic N) is 2. The highest BCUT2D eigenvalue weighted by atomic mass is 16.5. The Bertz CT molecular complexity index is 580. The molecule has 0 amide bonds. The number of aromatic nitrogens is 2. The first-order valence-corrected chi connectivity index (χ1v) is 6.76. The second-order valence-electron chi connectivity index (χ2n) is 5.60. The molecule has 0 saturated heterocycles. The predicted molar refractivity (Wildman–Crippen MR) is 79.4 cm³/mol. The smallest absolute Gasteiger partial charge is 0.227 e. The maximum atomic E-state index is 5.95. The van der Waals surface area contributed by atoms with Gasteiger partial charge in [-0.15, -0.1) is 0 Å². The zero-order valence-corrected chi connectivity index (χ0v) is 12.8. The summed E-state index contributed by atoms with van der Waals surface area (Å²) in [5.41, 5.74) is 6.48. The van der Waals surface area contributed by atoms with Crippen LogP contribution in [0.15, 0.2) is 22.7 Å². The van der Waals surface area contributed by atoms with Gasteiger partial charge in [0.05, 0.1) is 14.2 Å². The van der Waals surface area contributed by atoms with Gasteiger partial charge in [-0.1, -0.05) is 5.16 Å². The maximum Gasteiger partial charge on any atom is 0.227 e. The average molecular weight is 291 g/mol. The van der Waals surface area contributed by atoms with Gasteiger partial charge in [-0.3, -0.25) is 0 Å². The van der Waals surface area contributed by atoms with E-state index in [1.165, 1.54) is 0 Å². The van der Waals surface area contributed by atoms with Crippen LogP contribution in [0.25, 0.3) is 11.4 Å². The molecule has 0 spiro atoms. The third-order valence-electron chi connectivity index (χ3n) is 3.06. The lowest BCUT2D eigenvalue weighted by Crippen LogP contribution is -2.32. The molecule has 0 atom stereocenters. The Morgan fingerprint density at radius 3 is 2.29 bits per heavy atom. The Hall–Kier alpha value is -2.08. The van der Waals surface area contributed by atoms with E-state index >= 15 is 0 Å². The first-order valence-electron chi connectivity index (χ1n) is 6.76. The van der Waals surface area contributed by atoms with Gasteiger partial charge < -0.3 is 19.7 Å². The van der Waals surface area contributed by atoms with E-state index in [0.717, 1.165) is 12.0 Å². The molecule has 0 aliphatic heterocycles. The van der Waals surface area contributed by atoms with Gasteiger partial charge >= 0.3 is 0 Å². The molecule has 2 aromatic rings. The summed E-state index contributed by atoms with van der Waals surface area (Å²) in [4.78, 5) is 4.39. The fourth-order valence-electron chi connectivity index (χ4n) is 1.84. The predicted octanol–water partition coefficient (Wildman–Crippen LogP) is 2.42. The monoisotopic (exact) mass is 291 g/mol. The fraction of sp³-hybridized carbons (Fsp3) is 0.467. The van der Waals surface area contributed by atoms with Crippen LogP contribution in [-0.2, 0) is 6.42 Å². The molecule has 0 unspecified atom stereocenters. The topological polar surface area (TPSA) is 83.4 Å². The van der Waals surface area contributed by atoms with Crippen LogP contribution in [0, 0.1) is 0 Å². The first kappa shape index (κ1) is 15.3. The minimum Gasteiger partial charge on any atom is -0.497 e. The third-order valence-corrected chi connectivity index (χ3v) is 3.06. The molecule has 0 fully saturated rings. The van der Waals surface area contributed by atoms with Gasteiger partial charge in [0, 0.05) is 23.6 Å². The molecule has 0 saturated carbocycles. The molecule has 0 bridgehead atoms. The molecule has 6 nitrogen and oxygen atoms in total. The maximum absolute atomic E-state index is 5.95. The summed E-state index contributed by atoms with van der Waals surface area (Å²) < 4.78 is 15.7. The number of benzene rings is 1. The normalized spacial score (nSPS) is 11.5. The Morgan fingerprint density at radius 1 is 1.14 bits per heavy atom. The molecule has 0 aliphatic rings. The van der Waals surface area contributed by atoms with E-state index in [9.17, 15) is 0 Å². The molecule has 6 heteroatoms. The summed E-state index contributed by atoms with van der Waals surface area (Å²) in [6, 6.07) is 5.47. The first-order chi connectivity index (χ1) is 9.91. The highest BCUT2D eigenvalue weighted by Gasteiger charge is 2.15. The van der Waals surface area contributed by atoms with Gasteiger partial charge in [-0.2, -0.15) is 4.98 Å². The Morgan fingerprint density at radius 2 is 1.76 bits per heavy atom. The zero-order chi connectivity index (χ0) is 15.5. The number of hydrogen-bond acceptors (Lipinski definition) is 6. The van der Waals surface area contributed by atoms with Crippen LogP contribution in [0.4, 0.5) is 0 Å². The third kappa shape index (κ3) is 4.19. The van der Waals surface area contributed by atoms with Crippen LogP contribution >= 0.6 is 0 Å². The highest BCUT2D eigenvalue weighted by Crippen LogP contribution is 2.28. The Kier molecular flexibility index (Phi) is 4.47. The number of nitrogens with two attached hydrogens (primary N) is 1. The summed E-state index contributed by atoms with van der Waals surface area (Å²) in [5.74, 6) is 2.44. The van der Waals surface area contributed by atoms with Gasteiger partial charge in [0.1, 0.15) is 11.5 Å². The summed E-state index contributed by atoms with van der Waals surface area (Å²) in [5, 5.41) is 4.00. The molecule has 1 aromatic heterocycles. The molecule has 1 aromatic carbocycles. The number of aryl methyl sites for hydroxylation is 1. The van der Waals surface area contributed by atoms with Crippen molar-refractivity contribution in [2.75, 3.05) is 14.2 Å². The molecule has 0 aliphatic carbocycles. The second-order valence-corrected chi connectivity index (χ2v) is 5.60. The average Bonchev–Trinajstić information content (AvgIpc) is 2.92. The van der Waals surface area contributed by atoms with Crippen molar-refractivity contribution in [2.24, 2.45) is 5.73 Å². The van der Waals surface area contributed by atoms with Crippen LogP contribution in [0.3, 0.4) is 0 Å². The lowest BCUT2D eigenvalue weighted by molar-refractivity contribution is 0.358. The highest BCUT2D eigenvalue weighted by molar-refractivity contribution is 5.60. The molecule has 2 N–H and O–H groups in total. The van der Waals surface area contributed by atoms with Crippen LogP contribution in [0.5, 0.6) is 11.5 Å². The number of rotatable bonds is 6. The number of hydrogen-bond donors (Lipinski definition) is 1. The summed E-state index contributed by atoms with van der Waals surface area (Å²) in [7, 11) is 3.20. The second kappa shape index (κ2) is 6.13. The van der Waals surface area contributed by atoms with Crippen molar-refractivity contribution in [3.05, 3.63) is 24.1 Å². The molecular weight excluding hydrogens is 270 g/mol. The van der Waals surface area contributed by atoms with Crippen LogP contribution in [-0.4, -0.2) is 29.9 Å². The lowest BCUT2D eigenvalue weighted by Gasteiger charge is -2.16.